The molecule has 8 nitrogen and oxygen atoms in total. The fraction of sp³-hybridized carbons (Fsp3) is 0.375. The highest BCUT2D eigenvalue weighted by atomic mass is 16.5. The molecule has 2 aliphatic carbocycles. The summed E-state index contributed by atoms with van der Waals surface area (Å²) in [6.07, 6.45) is 1.24. The molecule has 2 amide bonds. The number of hydrogen-bond donors (Lipinski definition) is 4. The lowest BCUT2D eigenvalue weighted by atomic mass is 9.98. The van der Waals surface area contributed by atoms with E-state index in [1.807, 2.05) is 36.4 Å². The summed E-state index contributed by atoms with van der Waals surface area (Å²) in [5.74, 6) is -2.42. The molecule has 0 unspecified atom stereocenters. The van der Waals surface area contributed by atoms with Gasteiger partial charge in [-0.3, -0.25) is 4.79 Å². The van der Waals surface area contributed by atoms with Gasteiger partial charge in [0.05, 0.1) is 12.5 Å². The molecular weight excluding hydrogens is 412 g/mol. The first-order chi connectivity index (χ1) is 15.5. The Kier molecular flexibility index (Phi) is 6.41. The van der Waals surface area contributed by atoms with Crippen LogP contribution in [0.25, 0.3) is 11.1 Å². The predicted octanol–water partition coefficient (Wildman–Crippen LogP) is 2.26. The molecule has 0 bridgehead atoms. The highest BCUT2D eigenvalue weighted by molar-refractivity contribution is 5.86. The molecule has 0 spiro atoms. The number of aliphatic carboxylic acids is 1. The van der Waals surface area contributed by atoms with Crippen LogP contribution in [0, 0.1) is 5.92 Å². The van der Waals surface area contributed by atoms with E-state index in [4.69, 9.17) is 14.9 Å². The van der Waals surface area contributed by atoms with Crippen LogP contribution in [0.3, 0.4) is 0 Å². The van der Waals surface area contributed by atoms with Crippen LogP contribution in [0.4, 0.5) is 4.79 Å². The third-order valence-corrected chi connectivity index (χ3v) is 6.30. The summed E-state index contributed by atoms with van der Waals surface area (Å²) >= 11 is 0. The molecule has 2 aromatic rings. The number of benzene rings is 2. The summed E-state index contributed by atoms with van der Waals surface area (Å²) in [7, 11) is 0. The molecule has 0 aliphatic heterocycles. The Labute approximate surface area is 185 Å². The van der Waals surface area contributed by atoms with Crippen molar-refractivity contribution in [1.82, 2.24) is 10.6 Å². The first-order valence-corrected chi connectivity index (χ1v) is 10.7. The molecule has 8 heteroatoms. The number of ether oxygens (including phenoxy) is 1. The molecule has 3 atom stereocenters. The van der Waals surface area contributed by atoms with Gasteiger partial charge in [-0.15, -0.1) is 0 Å². The van der Waals surface area contributed by atoms with Crippen molar-refractivity contribution in [2.75, 3.05) is 13.2 Å². The second kappa shape index (κ2) is 9.40. The average Bonchev–Trinajstić information content (AvgIpc) is 3.38. The second-order valence-corrected chi connectivity index (χ2v) is 8.20. The minimum Gasteiger partial charge on any atom is -0.480 e. The smallest absolute Gasteiger partial charge is 0.407 e. The number of fused-ring (bicyclic) bond motifs is 3. The van der Waals surface area contributed by atoms with Crippen molar-refractivity contribution in [3.63, 3.8) is 0 Å². The van der Waals surface area contributed by atoms with Gasteiger partial charge < -0.3 is 25.6 Å². The van der Waals surface area contributed by atoms with E-state index in [1.54, 1.807) is 0 Å². The van der Waals surface area contributed by atoms with Gasteiger partial charge in [0.25, 0.3) is 0 Å². The van der Waals surface area contributed by atoms with Crippen LogP contribution in [-0.4, -0.2) is 53.5 Å². The average molecular weight is 438 g/mol. The monoisotopic (exact) mass is 438 g/mol. The molecule has 32 heavy (non-hydrogen) atoms. The van der Waals surface area contributed by atoms with E-state index in [9.17, 15) is 14.4 Å². The number of rotatable bonds is 7. The van der Waals surface area contributed by atoms with Gasteiger partial charge in [0, 0.05) is 12.0 Å². The lowest BCUT2D eigenvalue weighted by molar-refractivity contribution is -0.143. The van der Waals surface area contributed by atoms with Crippen LogP contribution in [-0.2, 0) is 14.3 Å². The Hall–Kier alpha value is -3.39. The maximum Gasteiger partial charge on any atom is 0.407 e. The van der Waals surface area contributed by atoms with Crippen LogP contribution in [0.5, 0.6) is 0 Å². The summed E-state index contributed by atoms with van der Waals surface area (Å²) in [6, 6.07) is 14.3. The largest absolute Gasteiger partial charge is 0.480 e. The number of aliphatic hydroxyl groups excluding tert-OH is 1. The second-order valence-electron chi connectivity index (χ2n) is 8.20. The minimum atomic E-state index is -1.36. The van der Waals surface area contributed by atoms with Crippen molar-refractivity contribution in [1.29, 1.82) is 0 Å². The summed E-state index contributed by atoms with van der Waals surface area (Å²) in [5, 5.41) is 23.3. The van der Waals surface area contributed by atoms with Crippen molar-refractivity contribution in [2.24, 2.45) is 5.92 Å². The van der Waals surface area contributed by atoms with Crippen molar-refractivity contribution in [2.45, 2.75) is 37.3 Å². The van der Waals surface area contributed by atoms with Crippen LogP contribution < -0.4 is 10.6 Å². The number of carboxylic acids is 1. The van der Waals surface area contributed by atoms with Crippen molar-refractivity contribution in [3.8, 4) is 11.1 Å². The summed E-state index contributed by atoms with van der Waals surface area (Å²) < 4.78 is 5.55. The zero-order valence-corrected chi connectivity index (χ0v) is 17.5. The van der Waals surface area contributed by atoms with E-state index in [2.05, 4.69) is 22.8 Å². The summed E-state index contributed by atoms with van der Waals surface area (Å²) in [6.45, 7) is -0.521. The van der Waals surface area contributed by atoms with Gasteiger partial charge in [-0.2, -0.15) is 0 Å². The zero-order chi connectivity index (χ0) is 22.7. The van der Waals surface area contributed by atoms with E-state index in [0.717, 1.165) is 28.7 Å². The molecule has 0 heterocycles. The molecule has 2 aromatic carbocycles. The maximum atomic E-state index is 12.5. The Morgan fingerprint density at radius 2 is 1.62 bits per heavy atom. The normalized spacial score (nSPS) is 20.2. The fourth-order valence-electron chi connectivity index (χ4n) is 4.70. The van der Waals surface area contributed by atoms with Gasteiger partial charge >= 0.3 is 12.1 Å². The number of hydrogen-bond acceptors (Lipinski definition) is 5. The number of aliphatic hydroxyl groups is 1. The minimum absolute atomic E-state index is 0.0586. The molecule has 168 valence electrons. The molecule has 2 aliphatic rings. The van der Waals surface area contributed by atoms with E-state index in [0.29, 0.717) is 12.8 Å². The number of carbonyl (C=O) groups is 3. The van der Waals surface area contributed by atoms with Crippen LogP contribution in [0.2, 0.25) is 0 Å². The van der Waals surface area contributed by atoms with Gasteiger partial charge in [-0.1, -0.05) is 55.0 Å². The molecule has 0 saturated heterocycles. The Morgan fingerprint density at radius 1 is 1.00 bits per heavy atom. The Balaban J connectivity index is 1.37. The fourth-order valence-corrected chi connectivity index (χ4v) is 4.70. The highest BCUT2D eigenvalue weighted by Crippen LogP contribution is 2.44. The topological polar surface area (TPSA) is 125 Å². The zero-order valence-electron chi connectivity index (χ0n) is 17.5. The lowest BCUT2D eigenvalue weighted by Crippen LogP contribution is -2.50. The van der Waals surface area contributed by atoms with Crippen molar-refractivity contribution in [3.05, 3.63) is 59.7 Å². The number of amides is 2. The van der Waals surface area contributed by atoms with Gasteiger partial charge in [0.15, 0.2) is 0 Å². The Morgan fingerprint density at radius 3 is 2.22 bits per heavy atom. The standard InChI is InChI=1S/C24H26N2O6/c27-12-21(23(29)30)25-22(28)18-10-5-11-20(18)26-24(31)32-13-19-16-8-3-1-6-14(16)15-7-2-4-9-17(15)19/h1-4,6-9,18-21,27H,5,10-13H2,(H,25,28)(H,26,31)(H,29,30)/t18-,20+,21+/m1/s1. The van der Waals surface area contributed by atoms with Crippen LogP contribution in [0.1, 0.15) is 36.3 Å². The molecular formula is C24H26N2O6. The van der Waals surface area contributed by atoms with Gasteiger partial charge in [-0.25, -0.2) is 9.59 Å². The van der Waals surface area contributed by atoms with Crippen LogP contribution >= 0.6 is 0 Å². The molecule has 0 aromatic heterocycles. The van der Waals surface area contributed by atoms with Crippen LogP contribution in [0.15, 0.2) is 48.5 Å². The van der Waals surface area contributed by atoms with E-state index >= 15 is 0 Å². The molecule has 1 saturated carbocycles. The Bertz CT molecular complexity index is 978. The maximum absolute atomic E-state index is 12.5. The third kappa shape index (κ3) is 4.31. The first-order valence-electron chi connectivity index (χ1n) is 10.7. The quantitative estimate of drug-likeness (QED) is 0.526. The molecule has 1 fully saturated rings. The number of carboxylic acid groups (broad SMARTS) is 1. The van der Waals surface area contributed by atoms with Crippen molar-refractivity contribution < 1.29 is 29.3 Å². The number of alkyl carbamates (subject to hydrolysis) is 1. The summed E-state index contributed by atoms with van der Waals surface area (Å²) in [5.41, 5.74) is 4.51. The first kappa shape index (κ1) is 21.8. The number of carbonyl (C=O) groups excluding carboxylic acids is 2. The SMILES string of the molecule is O=C(N[C@H]1CCC[C@H]1C(=O)N[C@@H](CO)C(=O)O)OCC1c2ccccc2-c2ccccc21. The molecule has 4 N–H and O–H groups in total. The van der Waals surface area contributed by atoms with Gasteiger partial charge in [-0.05, 0) is 35.1 Å². The van der Waals surface area contributed by atoms with Gasteiger partial charge in [0.1, 0.15) is 12.6 Å². The van der Waals surface area contributed by atoms with Crippen molar-refractivity contribution >= 4 is 18.0 Å². The lowest BCUT2D eigenvalue weighted by Gasteiger charge is -2.22. The molecule has 0 radical (unpaired) electrons. The summed E-state index contributed by atoms with van der Waals surface area (Å²) in [4.78, 5) is 36.1. The van der Waals surface area contributed by atoms with E-state index < -0.39 is 42.6 Å². The van der Waals surface area contributed by atoms with Gasteiger partial charge in [0.2, 0.25) is 5.91 Å². The highest BCUT2D eigenvalue weighted by Gasteiger charge is 2.36. The predicted molar refractivity (Wildman–Crippen MR) is 116 cm³/mol. The van der Waals surface area contributed by atoms with E-state index in [-0.39, 0.29) is 12.5 Å². The number of nitrogens with one attached hydrogen (secondary N) is 2. The third-order valence-electron chi connectivity index (χ3n) is 6.30. The van der Waals surface area contributed by atoms with E-state index in [1.165, 1.54) is 0 Å². The molecule has 4 rings (SSSR count).